The van der Waals surface area contributed by atoms with Gasteiger partial charge in [0.15, 0.2) is 0 Å². The summed E-state index contributed by atoms with van der Waals surface area (Å²) in [5.41, 5.74) is 13.6. The van der Waals surface area contributed by atoms with Crippen LogP contribution >= 0.6 is 0 Å². The molecule has 8 heterocycles. The summed E-state index contributed by atoms with van der Waals surface area (Å²) in [7, 11) is 0. The fourth-order valence-corrected chi connectivity index (χ4v) is 14.9. The molecule has 0 amide bonds. The summed E-state index contributed by atoms with van der Waals surface area (Å²) >= 11 is 0. The Balaban J connectivity index is 0.000000139. The zero-order valence-corrected chi connectivity index (χ0v) is 73.0. The van der Waals surface area contributed by atoms with Gasteiger partial charge in [0, 0.05) is 103 Å². The molecule has 4 radical (unpaired) electrons. The minimum absolute atomic E-state index is 0. The molecule has 588 valence electrons. The van der Waals surface area contributed by atoms with Gasteiger partial charge in [0.2, 0.25) is 0 Å². The summed E-state index contributed by atoms with van der Waals surface area (Å²) in [5.74, 6) is 8.59. The SMILES string of the molecule is CCCc1cnc2c(n1)N(c1[c-]cccc1)[CH-]N2c1ccccc1.[Ir].[Ir].[Ir].[Ir].[c-]1ccccc1N1[CH-]N(c2ccccc2)c2ncc(CCC3CCCC3)nc21.[c-]1ccccc1N1[CH-]N(c2ccccc2)c2ncc(CCC3CCCCC3)nc21.[c-]1ccccc1N1[CH-]N(c2ccccc2)c2ncc(CCc3ccccc3)nc21. The quantitative estimate of drug-likeness (QED) is 0.0711. The molecular weight excluding hydrogens is 2120 g/mol. The topological polar surface area (TPSA) is 129 Å². The second kappa shape index (κ2) is 41.5. The van der Waals surface area contributed by atoms with Gasteiger partial charge in [-0.05, 0) is 111 Å². The Hall–Kier alpha value is -9.70. The average molecular weight is 2210 g/mol. The first kappa shape index (κ1) is 83.7. The van der Waals surface area contributed by atoms with E-state index in [9.17, 15) is 0 Å². The smallest absolute Gasteiger partial charge is 0.145 e. The van der Waals surface area contributed by atoms with Crippen molar-refractivity contribution in [1.82, 2.24) is 39.9 Å². The largest absolute Gasteiger partial charge is 0.477 e. The van der Waals surface area contributed by atoms with Gasteiger partial charge < -0.3 is 39.2 Å². The van der Waals surface area contributed by atoms with Crippen LogP contribution < -0.4 is 39.2 Å². The number of hydrogen-bond donors (Lipinski definition) is 0. The van der Waals surface area contributed by atoms with Crippen LogP contribution in [0, 0.1) is 62.8 Å². The molecule has 2 fully saturated rings. The molecule has 2 saturated carbocycles. The van der Waals surface area contributed by atoms with Crippen molar-refractivity contribution in [2.24, 2.45) is 11.8 Å². The Bertz CT molecular complexity index is 5050. The van der Waals surface area contributed by atoms with Crippen molar-refractivity contribution in [2.75, 3.05) is 39.2 Å². The molecular formula is C94H88Ir4N16-8. The molecule has 0 spiro atoms. The Kier molecular flexibility index (Phi) is 30.5. The van der Waals surface area contributed by atoms with E-state index in [0.29, 0.717) is 0 Å². The summed E-state index contributed by atoms with van der Waals surface area (Å²) in [5, 5.41) is 0. The molecule has 13 aromatic rings. The van der Waals surface area contributed by atoms with Crippen LogP contribution in [-0.4, -0.2) is 39.9 Å². The second-order valence-electron chi connectivity index (χ2n) is 28.3. The summed E-state index contributed by atoms with van der Waals surface area (Å²) < 4.78 is 0. The summed E-state index contributed by atoms with van der Waals surface area (Å²) in [6, 6.07) is 96.6. The number of aromatic nitrogens is 8. The van der Waals surface area contributed by atoms with Gasteiger partial charge in [-0.1, -0.05) is 174 Å². The van der Waals surface area contributed by atoms with E-state index in [4.69, 9.17) is 34.9 Å². The van der Waals surface area contributed by atoms with Crippen LogP contribution in [0.3, 0.4) is 0 Å². The monoisotopic (exact) mass is 2210 g/mol. The van der Waals surface area contributed by atoms with Gasteiger partial charge in [0.25, 0.3) is 0 Å². The van der Waals surface area contributed by atoms with Gasteiger partial charge in [-0.3, -0.25) is 0 Å². The van der Waals surface area contributed by atoms with Crippen LogP contribution in [0.4, 0.5) is 92.0 Å². The summed E-state index contributed by atoms with van der Waals surface area (Å²) in [4.78, 5) is 55.6. The predicted octanol–water partition coefficient (Wildman–Crippen LogP) is 22.1. The molecule has 114 heavy (non-hydrogen) atoms. The van der Waals surface area contributed by atoms with Crippen LogP contribution in [0.5, 0.6) is 0 Å². The minimum Gasteiger partial charge on any atom is -0.477 e. The van der Waals surface area contributed by atoms with E-state index in [2.05, 4.69) is 174 Å². The van der Waals surface area contributed by atoms with Gasteiger partial charge in [0.05, 0.1) is 47.6 Å². The molecule has 16 nitrogen and oxygen atoms in total. The van der Waals surface area contributed by atoms with Crippen molar-refractivity contribution >= 4 is 92.0 Å². The van der Waals surface area contributed by atoms with Crippen molar-refractivity contribution in [2.45, 2.75) is 116 Å². The van der Waals surface area contributed by atoms with Crippen LogP contribution in [-0.2, 0) is 113 Å². The van der Waals surface area contributed by atoms with E-state index in [0.717, 1.165) is 165 Å². The third-order valence-electron chi connectivity index (χ3n) is 20.7. The molecule has 0 bridgehead atoms. The Morgan fingerprint density at radius 3 is 0.825 bits per heavy atom. The van der Waals surface area contributed by atoms with Crippen molar-refractivity contribution in [3.63, 3.8) is 0 Å². The molecule has 2 aliphatic carbocycles. The van der Waals surface area contributed by atoms with E-state index in [1.807, 2.05) is 202 Å². The van der Waals surface area contributed by atoms with Gasteiger partial charge in [-0.15, -0.1) is 49.4 Å². The zero-order valence-electron chi connectivity index (χ0n) is 63.5. The van der Waals surface area contributed by atoms with Gasteiger partial charge in [-0.25, -0.2) is 39.9 Å². The normalized spacial score (nSPS) is 14.4. The van der Waals surface area contributed by atoms with Crippen molar-refractivity contribution in [3.8, 4) is 0 Å². The summed E-state index contributed by atoms with van der Waals surface area (Å²) in [6.07, 6.45) is 28.4. The van der Waals surface area contributed by atoms with Crippen LogP contribution in [0.2, 0.25) is 0 Å². The maximum Gasteiger partial charge on any atom is 0.145 e. The number of rotatable bonds is 19. The van der Waals surface area contributed by atoms with Gasteiger partial charge in [0.1, 0.15) is 46.5 Å². The molecule has 0 saturated heterocycles. The number of benzene rings is 9. The maximum atomic E-state index is 5.04. The van der Waals surface area contributed by atoms with Crippen LogP contribution in [0.25, 0.3) is 0 Å². The van der Waals surface area contributed by atoms with E-state index in [-0.39, 0.29) is 80.4 Å². The van der Waals surface area contributed by atoms with E-state index in [1.54, 1.807) is 0 Å². The van der Waals surface area contributed by atoms with Gasteiger partial charge >= 0.3 is 0 Å². The number of anilines is 16. The molecule has 0 atom stereocenters. The zero-order chi connectivity index (χ0) is 74.1. The van der Waals surface area contributed by atoms with Crippen molar-refractivity contribution in [1.29, 1.82) is 0 Å². The van der Waals surface area contributed by atoms with Crippen molar-refractivity contribution < 1.29 is 80.4 Å². The first-order chi connectivity index (χ1) is 54.5. The average Bonchev–Trinajstić information content (AvgIpc) is 1.64. The molecule has 20 heteroatoms. The number of aryl methyl sites for hydroxylation is 5. The number of para-hydroxylation sites is 8. The molecule has 9 aromatic carbocycles. The fraction of sp³-hybridized carbons (Fsp3) is 0.213. The second-order valence-corrected chi connectivity index (χ2v) is 28.3. The van der Waals surface area contributed by atoms with E-state index < -0.39 is 0 Å². The fourth-order valence-electron chi connectivity index (χ4n) is 14.9. The third-order valence-corrected chi connectivity index (χ3v) is 20.7. The Morgan fingerprint density at radius 1 is 0.281 bits per heavy atom. The molecule has 4 aliphatic heterocycles. The molecule has 19 rings (SSSR count). The molecule has 0 unspecified atom stereocenters. The number of hydrogen-bond acceptors (Lipinski definition) is 16. The first-order valence-electron chi connectivity index (χ1n) is 38.8. The number of nitrogens with zero attached hydrogens (tertiary/aromatic N) is 16. The van der Waals surface area contributed by atoms with Gasteiger partial charge in [-0.2, -0.15) is 121 Å². The Morgan fingerprint density at radius 2 is 0.544 bits per heavy atom. The van der Waals surface area contributed by atoms with E-state index in [1.165, 1.54) is 76.2 Å². The van der Waals surface area contributed by atoms with Crippen molar-refractivity contribution in [3.05, 3.63) is 353 Å². The minimum atomic E-state index is 0. The van der Waals surface area contributed by atoms with Crippen LogP contribution in [0.15, 0.2) is 274 Å². The van der Waals surface area contributed by atoms with Crippen LogP contribution in [0.1, 0.15) is 112 Å². The maximum absolute atomic E-state index is 5.04. The van der Waals surface area contributed by atoms with E-state index >= 15 is 0 Å². The predicted molar refractivity (Wildman–Crippen MR) is 442 cm³/mol. The number of fused-ring (bicyclic) bond motifs is 4. The summed E-state index contributed by atoms with van der Waals surface area (Å²) in [6.45, 7) is 10.3. The Labute approximate surface area is 726 Å². The third kappa shape index (κ3) is 20.3. The molecule has 6 aliphatic rings. The molecule has 0 N–H and O–H groups in total. The standard InChI is InChI=1S/C25H26N4.C25H20N4.C24H24N4.C20H18N4.4Ir/c2*1-4-10-20(11-5-1)16-17-21-18-26-24-25(27-21)29(23-14-8-3-9-15-23)19-28(24)22-12-6-2-7-13-22;1-3-11-21(12-4-1)27-18-28(22-13-5-2-6-14-22)24-23(27)25-17-20(26-24)16-15-19-9-7-8-10-19;1-2-9-16-14-21-19-20(22-16)24(18-12-7-4-8-13-18)15-23(19)17-10-5-3-6-11-17;;;;/h2-3,6-9,12-14,18-20H,1,4-5,10-11,16-17H2;1-14,18-19H,16-17H2;1-6,11-13,17-19H,7-10,15-16H2;3-8,10-12,14-15H,2,9H2,1H3;;;;/q4*-2;;;;. The molecule has 4 aromatic heterocycles. The first-order valence-corrected chi connectivity index (χ1v) is 38.8.